The van der Waals surface area contributed by atoms with Gasteiger partial charge in [-0.25, -0.2) is 0 Å². The van der Waals surface area contributed by atoms with Crippen molar-refractivity contribution >= 4 is 29.3 Å². The van der Waals surface area contributed by atoms with Crippen LogP contribution < -0.4 is 5.32 Å². The van der Waals surface area contributed by atoms with Crippen molar-refractivity contribution in [1.29, 1.82) is 0 Å². The van der Waals surface area contributed by atoms with Gasteiger partial charge in [0.15, 0.2) is 0 Å². The van der Waals surface area contributed by atoms with Crippen LogP contribution in [0.1, 0.15) is 25.8 Å². The lowest BCUT2D eigenvalue weighted by atomic mass is 10.0. The second-order valence-electron chi connectivity index (χ2n) is 4.74. The standard InChI is InChI=1S/C15H21NO3S/c1-3-8-20-10-14(17)16-13-6-4-12(5-7-13)9-11(2)15(18)19/h4-7,11H,3,8-10H2,1-2H3,(H,16,17)(H,18,19). The van der Waals surface area contributed by atoms with Crippen LogP contribution in [0.15, 0.2) is 24.3 Å². The van der Waals surface area contributed by atoms with Gasteiger partial charge in [-0.2, -0.15) is 11.8 Å². The Morgan fingerprint density at radius 1 is 1.30 bits per heavy atom. The molecule has 20 heavy (non-hydrogen) atoms. The van der Waals surface area contributed by atoms with Crippen LogP contribution in [-0.2, 0) is 16.0 Å². The summed E-state index contributed by atoms with van der Waals surface area (Å²) < 4.78 is 0. The van der Waals surface area contributed by atoms with Gasteiger partial charge in [-0.1, -0.05) is 26.0 Å². The average Bonchev–Trinajstić information content (AvgIpc) is 2.41. The first kappa shape index (κ1) is 16.6. The molecule has 0 aromatic heterocycles. The molecule has 0 heterocycles. The molecule has 0 aliphatic rings. The number of thioether (sulfide) groups is 1. The number of hydrogen-bond donors (Lipinski definition) is 2. The van der Waals surface area contributed by atoms with Gasteiger partial charge in [0.2, 0.25) is 5.91 Å². The van der Waals surface area contributed by atoms with Gasteiger partial charge in [0, 0.05) is 5.69 Å². The Kier molecular flexibility index (Phi) is 7.15. The Morgan fingerprint density at radius 3 is 2.50 bits per heavy atom. The number of carboxylic acid groups (broad SMARTS) is 1. The molecule has 0 radical (unpaired) electrons. The molecule has 0 spiro atoms. The van der Waals surface area contributed by atoms with E-state index in [1.165, 1.54) is 0 Å². The third kappa shape index (κ3) is 6.10. The van der Waals surface area contributed by atoms with E-state index < -0.39 is 11.9 Å². The molecule has 0 fully saturated rings. The van der Waals surface area contributed by atoms with Crippen LogP contribution in [0.3, 0.4) is 0 Å². The first-order valence-corrected chi connectivity index (χ1v) is 7.87. The molecular formula is C15H21NO3S. The van der Waals surface area contributed by atoms with Crippen molar-refractivity contribution in [1.82, 2.24) is 0 Å². The van der Waals surface area contributed by atoms with Gasteiger partial charge in [-0.05, 0) is 36.3 Å². The SMILES string of the molecule is CCCSCC(=O)Nc1ccc(CC(C)C(=O)O)cc1. The molecule has 2 N–H and O–H groups in total. The van der Waals surface area contributed by atoms with Crippen LogP contribution in [0.5, 0.6) is 0 Å². The van der Waals surface area contributed by atoms with Crippen molar-refractivity contribution in [3.63, 3.8) is 0 Å². The minimum atomic E-state index is -0.796. The number of amides is 1. The monoisotopic (exact) mass is 295 g/mol. The normalized spacial score (nSPS) is 11.9. The maximum Gasteiger partial charge on any atom is 0.306 e. The number of carboxylic acids is 1. The Bertz CT molecular complexity index is 445. The fourth-order valence-electron chi connectivity index (χ4n) is 1.67. The molecule has 5 heteroatoms. The third-order valence-electron chi connectivity index (χ3n) is 2.78. The molecule has 1 atom stereocenters. The minimum absolute atomic E-state index is 0.00453. The smallest absolute Gasteiger partial charge is 0.306 e. The van der Waals surface area contributed by atoms with E-state index in [0.717, 1.165) is 23.4 Å². The minimum Gasteiger partial charge on any atom is -0.481 e. The summed E-state index contributed by atoms with van der Waals surface area (Å²) in [5.41, 5.74) is 1.71. The van der Waals surface area contributed by atoms with Gasteiger partial charge in [0.25, 0.3) is 0 Å². The zero-order chi connectivity index (χ0) is 15.0. The van der Waals surface area contributed by atoms with Crippen LogP contribution in [-0.4, -0.2) is 28.5 Å². The highest BCUT2D eigenvalue weighted by Crippen LogP contribution is 2.14. The maximum absolute atomic E-state index is 11.6. The van der Waals surface area contributed by atoms with E-state index in [2.05, 4.69) is 12.2 Å². The Morgan fingerprint density at radius 2 is 1.95 bits per heavy atom. The predicted octanol–water partition coefficient (Wildman–Crippen LogP) is 3.03. The lowest BCUT2D eigenvalue weighted by Crippen LogP contribution is -2.14. The van der Waals surface area contributed by atoms with Crippen molar-refractivity contribution in [2.24, 2.45) is 5.92 Å². The molecule has 0 saturated carbocycles. The summed E-state index contributed by atoms with van der Waals surface area (Å²) in [5.74, 6) is 0.247. The van der Waals surface area contributed by atoms with Crippen molar-refractivity contribution in [3.05, 3.63) is 29.8 Å². The third-order valence-corrected chi connectivity index (χ3v) is 3.95. The van der Waals surface area contributed by atoms with E-state index in [9.17, 15) is 9.59 Å². The molecule has 0 aliphatic carbocycles. The molecule has 0 saturated heterocycles. The Labute approximate surface area is 124 Å². The van der Waals surface area contributed by atoms with E-state index in [-0.39, 0.29) is 5.91 Å². The van der Waals surface area contributed by atoms with Gasteiger partial charge in [0.05, 0.1) is 11.7 Å². The number of carbonyl (C=O) groups excluding carboxylic acids is 1. The number of benzene rings is 1. The summed E-state index contributed by atoms with van der Waals surface area (Å²) >= 11 is 1.62. The summed E-state index contributed by atoms with van der Waals surface area (Å²) in [4.78, 5) is 22.4. The van der Waals surface area contributed by atoms with Crippen LogP contribution in [0.25, 0.3) is 0 Å². The lowest BCUT2D eigenvalue weighted by Gasteiger charge is -2.08. The number of rotatable bonds is 8. The van der Waals surface area contributed by atoms with E-state index in [1.807, 2.05) is 24.3 Å². The zero-order valence-electron chi connectivity index (χ0n) is 11.9. The molecule has 1 amide bonds. The quantitative estimate of drug-likeness (QED) is 0.723. The van der Waals surface area contributed by atoms with Crippen LogP contribution in [0.2, 0.25) is 0 Å². The molecule has 0 bridgehead atoms. The van der Waals surface area contributed by atoms with E-state index >= 15 is 0 Å². The van der Waals surface area contributed by atoms with Gasteiger partial charge in [0.1, 0.15) is 0 Å². The zero-order valence-corrected chi connectivity index (χ0v) is 12.7. The Hall–Kier alpha value is -1.49. The second kappa shape index (κ2) is 8.64. The van der Waals surface area contributed by atoms with Crippen LogP contribution in [0, 0.1) is 5.92 Å². The molecule has 0 aliphatic heterocycles. The number of aliphatic carboxylic acids is 1. The molecule has 1 aromatic carbocycles. The summed E-state index contributed by atoms with van der Waals surface area (Å²) in [6, 6.07) is 7.33. The van der Waals surface area contributed by atoms with Gasteiger partial charge < -0.3 is 10.4 Å². The van der Waals surface area contributed by atoms with E-state index in [1.54, 1.807) is 18.7 Å². The average molecular weight is 295 g/mol. The second-order valence-corrected chi connectivity index (χ2v) is 5.85. The van der Waals surface area contributed by atoms with Crippen LogP contribution in [0.4, 0.5) is 5.69 Å². The Balaban J connectivity index is 2.46. The largest absolute Gasteiger partial charge is 0.481 e. The summed E-state index contributed by atoms with van der Waals surface area (Å²) in [6.45, 7) is 3.77. The summed E-state index contributed by atoms with van der Waals surface area (Å²) in [7, 11) is 0. The van der Waals surface area contributed by atoms with Crippen LogP contribution >= 0.6 is 11.8 Å². The lowest BCUT2D eigenvalue weighted by molar-refractivity contribution is -0.141. The number of hydrogen-bond acceptors (Lipinski definition) is 3. The highest BCUT2D eigenvalue weighted by Gasteiger charge is 2.11. The predicted molar refractivity (Wildman–Crippen MR) is 83.2 cm³/mol. The first-order valence-electron chi connectivity index (χ1n) is 6.72. The van der Waals surface area contributed by atoms with Crippen molar-refractivity contribution < 1.29 is 14.7 Å². The van der Waals surface area contributed by atoms with Gasteiger partial charge in [-0.15, -0.1) is 0 Å². The van der Waals surface area contributed by atoms with Crippen molar-refractivity contribution in [2.75, 3.05) is 16.8 Å². The van der Waals surface area contributed by atoms with E-state index in [4.69, 9.17) is 5.11 Å². The van der Waals surface area contributed by atoms with Gasteiger partial charge in [-0.3, -0.25) is 9.59 Å². The fraction of sp³-hybridized carbons (Fsp3) is 0.467. The number of carbonyl (C=O) groups is 2. The van der Waals surface area contributed by atoms with Crippen molar-refractivity contribution in [2.45, 2.75) is 26.7 Å². The molecule has 1 rings (SSSR count). The summed E-state index contributed by atoms with van der Waals surface area (Å²) in [6.07, 6.45) is 1.56. The fourth-order valence-corrected chi connectivity index (χ4v) is 2.36. The highest BCUT2D eigenvalue weighted by molar-refractivity contribution is 7.99. The highest BCUT2D eigenvalue weighted by atomic mass is 32.2. The van der Waals surface area contributed by atoms with E-state index in [0.29, 0.717) is 12.2 Å². The van der Waals surface area contributed by atoms with Crippen molar-refractivity contribution in [3.8, 4) is 0 Å². The topological polar surface area (TPSA) is 66.4 Å². The summed E-state index contributed by atoms with van der Waals surface area (Å²) in [5, 5.41) is 11.7. The number of anilines is 1. The molecular weight excluding hydrogens is 274 g/mol. The first-order chi connectivity index (χ1) is 9.52. The maximum atomic E-state index is 11.6. The molecule has 1 unspecified atom stereocenters. The molecule has 1 aromatic rings. The molecule has 4 nitrogen and oxygen atoms in total. The van der Waals surface area contributed by atoms with Gasteiger partial charge >= 0.3 is 5.97 Å². The molecule has 110 valence electrons. The number of nitrogens with one attached hydrogen (secondary N) is 1.